The minimum atomic E-state index is -1.50. The van der Waals surface area contributed by atoms with E-state index in [1.807, 2.05) is 0 Å². The highest BCUT2D eigenvalue weighted by Gasteiger charge is 2.28. The molecule has 130 valence electrons. The second-order valence-electron chi connectivity index (χ2n) is 5.40. The monoisotopic (exact) mass is 339 g/mol. The molecule has 1 heterocycles. The fraction of sp³-hybridized carbons (Fsp3) is 0.647. The summed E-state index contributed by atoms with van der Waals surface area (Å²) < 4.78 is 16.7. The summed E-state index contributed by atoms with van der Waals surface area (Å²) in [5.74, 6) is 0.156. The normalized spacial score (nSPS) is 11.3. The number of rotatable bonds is 11. The van der Waals surface area contributed by atoms with Crippen LogP contribution < -0.4 is 4.74 Å². The fourth-order valence-electron chi connectivity index (χ4n) is 2.38. The summed E-state index contributed by atoms with van der Waals surface area (Å²) in [6.45, 7) is 10.1. The lowest BCUT2D eigenvalue weighted by atomic mass is 10.3. The van der Waals surface area contributed by atoms with E-state index in [0.29, 0.717) is 24.7 Å². The van der Waals surface area contributed by atoms with E-state index in [0.717, 1.165) is 31.2 Å². The highest BCUT2D eigenvalue weighted by atomic mass is 28.4. The molecular formula is C17H29NO4Si. The topological polar surface area (TPSA) is 57.7 Å². The van der Waals surface area contributed by atoms with E-state index in [2.05, 4.69) is 25.8 Å². The van der Waals surface area contributed by atoms with Gasteiger partial charge in [-0.2, -0.15) is 0 Å². The molecule has 0 spiro atoms. The average molecular weight is 340 g/mol. The van der Waals surface area contributed by atoms with Gasteiger partial charge in [0.15, 0.2) is 8.32 Å². The minimum absolute atomic E-state index is 0.356. The first-order valence-electron chi connectivity index (χ1n) is 8.50. The molecule has 1 aromatic heterocycles. The lowest BCUT2D eigenvalue weighted by Gasteiger charge is -2.27. The molecule has 0 unspecified atom stereocenters. The Balaban J connectivity index is 2.32. The van der Waals surface area contributed by atoms with Crippen molar-refractivity contribution >= 4 is 14.3 Å². The van der Waals surface area contributed by atoms with Gasteiger partial charge >= 0.3 is 5.97 Å². The first kappa shape index (κ1) is 19.6. The molecule has 1 rings (SSSR count). The fourth-order valence-corrected chi connectivity index (χ4v) is 5.07. The number of pyridine rings is 1. The number of nitrogens with zero attached hydrogens (tertiary/aromatic N) is 1. The Morgan fingerprint density at radius 3 is 2.30 bits per heavy atom. The van der Waals surface area contributed by atoms with Crippen molar-refractivity contribution in [3.63, 3.8) is 0 Å². The molecule has 6 heteroatoms. The van der Waals surface area contributed by atoms with Gasteiger partial charge in [-0.1, -0.05) is 20.8 Å². The van der Waals surface area contributed by atoms with Crippen molar-refractivity contribution in [2.24, 2.45) is 0 Å². The largest absolute Gasteiger partial charge is 0.478 e. The van der Waals surface area contributed by atoms with Crippen molar-refractivity contribution in [3.8, 4) is 5.88 Å². The Morgan fingerprint density at radius 1 is 1.09 bits per heavy atom. The van der Waals surface area contributed by atoms with Crippen LogP contribution in [0.4, 0.5) is 0 Å². The first-order chi connectivity index (χ1) is 11.1. The third-order valence-electron chi connectivity index (χ3n) is 4.13. The number of carbonyl (C=O) groups excluding carboxylic acids is 1. The Bertz CT molecular complexity index is 452. The van der Waals surface area contributed by atoms with E-state index in [-0.39, 0.29) is 5.97 Å². The van der Waals surface area contributed by atoms with E-state index in [1.54, 1.807) is 19.1 Å². The first-order valence-corrected chi connectivity index (χ1v) is 11.0. The maximum atomic E-state index is 11.5. The summed E-state index contributed by atoms with van der Waals surface area (Å²) in [4.78, 5) is 15.6. The Labute approximate surface area is 140 Å². The predicted octanol–water partition coefficient (Wildman–Crippen LogP) is 4.05. The zero-order valence-corrected chi connectivity index (χ0v) is 15.8. The molecule has 0 bridgehead atoms. The van der Waals surface area contributed by atoms with Crippen molar-refractivity contribution in [1.29, 1.82) is 0 Å². The third kappa shape index (κ3) is 6.31. The Kier molecular flexibility index (Phi) is 8.87. The van der Waals surface area contributed by atoms with Crippen molar-refractivity contribution in [3.05, 3.63) is 23.9 Å². The molecular weight excluding hydrogens is 310 g/mol. The van der Waals surface area contributed by atoms with E-state index >= 15 is 0 Å². The molecule has 23 heavy (non-hydrogen) atoms. The summed E-state index contributed by atoms with van der Waals surface area (Å²) in [5.41, 5.74) is 0.437. The van der Waals surface area contributed by atoms with Crippen LogP contribution in [-0.2, 0) is 9.16 Å². The Hall–Kier alpha value is -1.40. The lowest BCUT2D eigenvalue weighted by molar-refractivity contribution is 0.0526. The molecule has 5 nitrogen and oxygen atoms in total. The van der Waals surface area contributed by atoms with Crippen molar-refractivity contribution in [2.45, 2.75) is 52.2 Å². The van der Waals surface area contributed by atoms with Gasteiger partial charge in [0.2, 0.25) is 5.88 Å². The van der Waals surface area contributed by atoms with Gasteiger partial charge in [-0.05, 0) is 31.1 Å². The van der Waals surface area contributed by atoms with Crippen molar-refractivity contribution < 1.29 is 18.7 Å². The molecule has 0 aromatic carbocycles. The standard InChI is InChI=1S/C17H29NO4Si/c1-5-20-17(19)15-10-11-16(18-14-15)21-12-9-13-22-23(6-2,7-3)8-4/h10-11,14H,5-9,12-13H2,1-4H3. The zero-order chi connectivity index (χ0) is 17.1. The quantitative estimate of drug-likeness (QED) is 0.346. The van der Waals surface area contributed by atoms with Gasteiger partial charge in [-0.3, -0.25) is 0 Å². The average Bonchev–Trinajstić information content (AvgIpc) is 2.59. The van der Waals surface area contributed by atoms with Crippen LogP contribution >= 0.6 is 0 Å². The SMILES string of the molecule is CCOC(=O)c1ccc(OCCCO[Si](CC)(CC)CC)nc1. The van der Waals surface area contributed by atoms with Gasteiger partial charge in [0.1, 0.15) is 0 Å². The van der Waals surface area contributed by atoms with Crippen LogP contribution in [-0.4, -0.2) is 39.1 Å². The van der Waals surface area contributed by atoms with E-state index in [1.165, 1.54) is 6.20 Å². The zero-order valence-electron chi connectivity index (χ0n) is 14.8. The predicted molar refractivity (Wildman–Crippen MR) is 93.5 cm³/mol. The molecule has 0 amide bonds. The van der Waals surface area contributed by atoms with Crippen molar-refractivity contribution in [2.75, 3.05) is 19.8 Å². The number of hydrogen-bond acceptors (Lipinski definition) is 5. The van der Waals surface area contributed by atoms with Gasteiger partial charge in [0, 0.05) is 25.3 Å². The number of hydrogen-bond donors (Lipinski definition) is 0. The second-order valence-corrected chi connectivity index (χ2v) is 10.2. The second kappa shape index (κ2) is 10.4. The van der Waals surface area contributed by atoms with Gasteiger partial charge in [0.05, 0.1) is 18.8 Å². The third-order valence-corrected chi connectivity index (χ3v) is 8.81. The van der Waals surface area contributed by atoms with E-state index < -0.39 is 8.32 Å². The van der Waals surface area contributed by atoms with Gasteiger partial charge in [0.25, 0.3) is 0 Å². The smallest absolute Gasteiger partial charge is 0.339 e. The van der Waals surface area contributed by atoms with E-state index in [4.69, 9.17) is 13.9 Å². The van der Waals surface area contributed by atoms with E-state index in [9.17, 15) is 4.79 Å². The number of carbonyl (C=O) groups is 1. The maximum Gasteiger partial charge on any atom is 0.339 e. The summed E-state index contributed by atoms with van der Waals surface area (Å²) in [7, 11) is -1.50. The van der Waals surface area contributed by atoms with Crippen LogP contribution in [0.15, 0.2) is 18.3 Å². The molecule has 0 atom stereocenters. The number of aromatic nitrogens is 1. The molecule has 1 aromatic rings. The van der Waals surface area contributed by atoms with Gasteiger partial charge < -0.3 is 13.9 Å². The minimum Gasteiger partial charge on any atom is -0.478 e. The van der Waals surface area contributed by atoms with Gasteiger partial charge in [-0.15, -0.1) is 0 Å². The summed E-state index contributed by atoms with van der Waals surface area (Å²) in [6.07, 6.45) is 2.32. The van der Waals surface area contributed by atoms with Crippen LogP contribution in [0.5, 0.6) is 5.88 Å². The number of ether oxygens (including phenoxy) is 2. The lowest BCUT2D eigenvalue weighted by Crippen LogP contribution is -2.36. The molecule has 0 fully saturated rings. The van der Waals surface area contributed by atoms with Gasteiger partial charge in [-0.25, -0.2) is 9.78 Å². The molecule has 0 radical (unpaired) electrons. The molecule has 0 aliphatic rings. The van der Waals surface area contributed by atoms with Crippen LogP contribution in [0, 0.1) is 0 Å². The van der Waals surface area contributed by atoms with Crippen LogP contribution in [0.2, 0.25) is 18.1 Å². The number of esters is 1. The summed E-state index contributed by atoms with van der Waals surface area (Å²) >= 11 is 0. The van der Waals surface area contributed by atoms with Crippen LogP contribution in [0.25, 0.3) is 0 Å². The molecule has 0 saturated heterocycles. The molecule has 0 saturated carbocycles. The highest BCUT2D eigenvalue weighted by Crippen LogP contribution is 2.21. The Morgan fingerprint density at radius 2 is 1.78 bits per heavy atom. The van der Waals surface area contributed by atoms with Crippen LogP contribution in [0.1, 0.15) is 44.5 Å². The maximum absolute atomic E-state index is 11.5. The molecule has 0 aliphatic heterocycles. The highest BCUT2D eigenvalue weighted by molar-refractivity contribution is 6.73. The summed E-state index contributed by atoms with van der Waals surface area (Å²) in [5, 5.41) is 0. The van der Waals surface area contributed by atoms with Crippen molar-refractivity contribution in [1.82, 2.24) is 4.98 Å². The summed E-state index contributed by atoms with van der Waals surface area (Å²) in [6, 6.07) is 6.85. The molecule has 0 N–H and O–H groups in total. The molecule has 0 aliphatic carbocycles. The van der Waals surface area contributed by atoms with Crippen LogP contribution in [0.3, 0.4) is 0 Å².